The molecule has 3 N–H and O–H groups in total. The summed E-state index contributed by atoms with van der Waals surface area (Å²) in [7, 11) is 0. The zero-order valence-electron chi connectivity index (χ0n) is 14.1. The second-order valence-corrected chi connectivity index (χ2v) is 6.76. The van der Waals surface area contributed by atoms with Gasteiger partial charge >= 0.3 is 0 Å². The van der Waals surface area contributed by atoms with Crippen molar-refractivity contribution in [3.8, 4) is 0 Å². The molecule has 2 aromatic rings. The fourth-order valence-electron chi connectivity index (χ4n) is 2.36. The number of carbonyl (C=O) groups excluding carboxylic acids is 2. The van der Waals surface area contributed by atoms with Crippen molar-refractivity contribution in [1.82, 2.24) is 5.32 Å². The molecule has 0 bridgehead atoms. The molecule has 24 heavy (non-hydrogen) atoms. The largest absolute Gasteiger partial charge is 0.346 e. The maximum atomic E-state index is 12.2. The van der Waals surface area contributed by atoms with Gasteiger partial charge in [0.25, 0.3) is 11.8 Å². The second kappa shape index (κ2) is 9.20. The monoisotopic (exact) mass is 346 g/mol. The second-order valence-electron chi connectivity index (χ2n) is 5.73. The van der Waals surface area contributed by atoms with Crippen molar-refractivity contribution in [2.75, 3.05) is 25.0 Å². The Hall–Kier alpha value is -2.18. The molecular formula is C18H24N3O2S+. The Bertz CT molecular complexity index is 671. The lowest BCUT2D eigenvalue weighted by Gasteiger charge is -2.17. The van der Waals surface area contributed by atoms with Gasteiger partial charge in [0.05, 0.1) is 13.1 Å². The number of anilines is 1. The van der Waals surface area contributed by atoms with Gasteiger partial charge in [-0.15, -0.1) is 11.3 Å². The van der Waals surface area contributed by atoms with Crippen LogP contribution in [0.5, 0.6) is 0 Å². The number of hydrogen-bond acceptors (Lipinski definition) is 3. The Balaban J connectivity index is 1.78. The van der Waals surface area contributed by atoms with E-state index in [0.29, 0.717) is 19.6 Å². The molecule has 0 spiro atoms. The maximum Gasteiger partial charge on any atom is 0.279 e. The number of likely N-dealkylation sites (N-methyl/N-ethyl adjacent to an activating group) is 1. The molecule has 2 rings (SSSR count). The van der Waals surface area contributed by atoms with E-state index in [4.69, 9.17) is 0 Å². The van der Waals surface area contributed by atoms with Crippen LogP contribution in [0.3, 0.4) is 0 Å². The number of thiophene rings is 1. The predicted octanol–water partition coefficient (Wildman–Crippen LogP) is 1.22. The first-order chi connectivity index (χ1) is 11.6. The van der Waals surface area contributed by atoms with Gasteiger partial charge in [0.15, 0.2) is 13.1 Å². The third-order valence-electron chi connectivity index (χ3n) is 3.66. The zero-order valence-corrected chi connectivity index (χ0v) is 14.9. The molecular weight excluding hydrogens is 322 g/mol. The Morgan fingerprint density at radius 1 is 1.12 bits per heavy atom. The normalized spacial score (nSPS) is 11.8. The lowest BCUT2D eigenvalue weighted by Crippen LogP contribution is -3.13. The number of rotatable bonds is 8. The van der Waals surface area contributed by atoms with Crippen LogP contribution in [0.4, 0.5) is 5.69 Å². The average molecular weight is 346 g/mol. The first-order valence-electron chi connectivity index (χ1n) is 8.06. The van der Waals surface area contributed by atoms with Gasteiger partial charge in [0.2, 0.25) is 0 Å². The molecule has 5 nitrogen and oxygen atoms in total. The smallest absolute Gasteiger partial charge is 0.279 e. The van der Waals surface area contributed by atoms with Crippen LogP contribution in [0, 0.1) is 6.92 Å². The van der Waals surface area contributed by atoms with Crippen molar-refractivity contribution in [1.29, 1.82) is 0 Å². The van der Waals surface area contributed by atoms with Crippen molar-refractivity contribution < 1.29 is 14.5 Å². The lowest BCUT2D eigenvalue weighted by molar-refractivity contribution is -0.881. The van der Waals surface area contributed by atoms with Gasteiger partial charge in [0, 0.05) is 10.6 Å². The molecule has 1 unspecified atom stereocenters. The molecule has 2 amide bonds. The molecule has 128 valence electrons. The molecule has 1 aromatic carbocycles. The summed E-state index contributed by atoms with van der Waals surface area (Å²) in [5.74, 6) is -0.118. The molecule has 0 aliphatic heterocycles. The summed E-state index contributed by atoms with van der Waals surface area (Å²) in [6.45, 7) is 5.79. The summed E-state index contributed by atoms with van der Waals surface area (Å²) in [6, 6.07) is 11.6. The Kier molecular flexibility index (Phi) is 6.96. The van der Waals surface area contributed by atoms with Crippen LogP contribution in [-0.4, -0.2) is 31.4 Å². The average Bonchev–Trinajstić information content (AvgIpc) is 3.05. The molecule has 1 atom stereocenters. The maximum absolute atomic E-state index is 12.2. The van der Waals surface area contributed by atoms with Crippen LogP contribution in [0.25, 0.3) is 0 Å². The summed E-state index contributed by atoms with van der Waals surface area (Å²) in [6.07, 6.45) is 0. The van der Waals surface area contributed by atoms with Gasteiger partial charge in [-0.25, -0.2) is 0 Å². The lowest BCUT2D eigenvalue weighted by atomic mass is 10.2. The third-order valence-corrected chi connectivity index (χ3v) is 4.54. The number of hydrogen-bond donors (Lipinski definition) is 3. The standard InChI is InChI=1S/C18H23N3O2S/c1-3-21(12-17(22)19-11-16-8-5-9-24-16)13-18(23)20-15-7-4-6-14(2)10-15/h4-10H,3,11-13H2,1-2H3,(H,19,22)(H,20,23)/p+1. The molecule has 0 aliphatic carbocycles. The number of nitrogens with one attached hydrogen (secondary N) is 3. The minimum atomic E-state index is -0.0801. The molecule has 0 saturated heterocycles. The first-order valence-corrected chi connectivity index (χ1v) is 8.94. The summed E-state index contributed by atoms with van der Waals surface area (Å²) < 4.78 is 0. The van der Waals surface area contributed by atoms with Gasteiger partial charge in [-0.1, -0.05) is 18.2 Å². The fourth-order valence-corrected chi connectivity index (χ4v) is 3.00. The van der Waals surface area contributed by atoms with E-state index in [-0.39, 0.29) is 18.4 Å². The van der Waals surface area contributed by atoms with Crippen LogP contribution in [0.15, 0.2) is 41.8 Å². The molecule has 0 aliphatic rings. The van der Waals surface area contributed by atoms with E-state index >= 15 is 0 Å². The Labute approximate surface area is 146 Å². The van der Waals surface area contributed by atoms with Gasteiger partial charge in [-0.2, -0.15) is 0 Å². The van der Waals surface area contributed by atoms with Gasteiger partial charge < -0.3 is 15.5 Å². The molecule has 0 saturated carbocycles. The van der Waals surface area contributed by atoms with Crippen LogP contribution < -0.4 is 15.5 Å². The van der Waals surface area contributed by atoms with E-state index in [9.17, 15) is 9.59 Å². The summed E-state index contributed by atoms with van der Waals surface area (Å²) in [4.78, 5) is 26.2. The Morgan fingerprint density at radius 2 is 1.92 bits per heavy atom. The highest BCUT2D eigenvalue weighted by molar-refractivity contribution is 7.09. The number of quaternary nitrogens is 1. The summed E-state index contributed by atoms with van der Waals surface area (Å²) >= 11 is 1.62. The van der Waals surface area contributed by atoms with Crippen molar-refractivity contribution in [2.45, 2.75) is 20.4 Å². The van der Waals surface area contributed by atoms with Gasteiger partial charge in [0.1, 0.15) is 0 Å². The SMILES string of the molecule is CC[NH+](CC(=O)NCc1cccs1)CC(=O)Nc1cccc(C)c1. The summed E-state index contributed by atoms with van der Waals surface area (Å²) in [5.41, 5.74) is 1.89. The van der Waals surface area contributed by atoms with Gasteiger partial charge in [-0.05, 0) is 43.0 Å². The number of carbonyl (C=O) groups is 2. The van der Waals surface area contributed by atoms with Crippen LogP contribution in [0.2, 0.25) is 0 Å². The van der Waals surface area contributed by atoms with Crippen molar-refractivity contribution in [2.24, 2.45) is 0 Å². The number of amides is 2. The summed E-state index contributed by atoms with van der Waals surface area (Å²) in [5, 5.41) is 7.77. The number of benzene rings is 1. The topological polar surface area (TPSA) is 62.6 Å². The van der Waals surface area contributed by atoms with Crippen molar-refractivity contribution in [3.63, 3.8) is 0 Å². The highest BCUT2D eigenvalue weighted by atomic mass is 32.1. The first kappa shape index (κ1) is 18.2. The van der Waals surface area contributed by atoms with Crippen LogP contribution in [0.1, 0.15) is 17.4 Å². The fraction of sp³-hybridized carbons (Fsp3) is 0.333. The quantitative estimate of drug-likeness (QED) is 0.673. The van der Waals surface area contributed by atoms with E-state index in [2.05, 4.69) is 10.6 Å². The van der Waals surface area contributed by atoms with E-state index in [1.54, 1.807) is 11.3 Å². The predicted molar refractivity (Wildman–Crippen MR) is 97.2 cm³/mol. The number of aryl methyl sites for hydroxylation is 1. The molecule has 0 fully saturated rings. The minimum Gasteiger partial charge on any atom is -0.346 e. The van der Waals surface area contributed by atoms with Crippen molar-refractivity contribution in [3.05, 3.63) is 52.2 Å². The van der Waals surface area contributed by atoms with Crippen LogP contribution >= 0.6 is 11.3 Å². The van der Waals surface area contributed by atoms with Crippen molar-refractivity contribution >= 4 is 28.8 Å². The van der Waals surface area contributed by atoms with E-state index in [1.165, 1.54) is 0 Å². The zero-order chi connectivity index (χ0) is 17.4. The molecule has 0 radical (unpaired) electrons. The van der Waals surface area contributed by atoms with E-state index in [0.717, 1.165) is 21.0 Å². The molecule has 1 aromatic heterocycles. The minimum absolute atomic E-state index is 0.0383. The van der Waals surface area contributed by atoms with Gasteiger partial charge in [-0.3, -0.25) is 9.59 Å². The molecule has 6 heteroatoms. The van der Waals surface area contributed by atoms with E-state index < -0.39 is 0 Å². The third kappa shape index (κ3) is 6.14. The molecule has 1 heterocycles. The highest BCUT2D eigenvalue weighted by Crippen LogP contribution is 2.09. The Morgan fingerprint density at radius 3 is 2.58 bits per heavy atom. The van der Waals surface area contributed by atoms with E-state index in [1.807, 2.05) is 55.6 Å². The highest BCUT2D eigenvalue weighted by Gasteiger charge is 2.16. The van der Waals surface area contributed by atoms with Crippen LogP contribution in [-0.2, 0) is 16.1 Å².